The number of nitrogens with one attached hydrogen (secondary N) is 1. The Kier molecular flexibility index (Phi) is 4.38. The molecule has 1 saturated carbocycles. The predicted molar refractivity (Wildman–Crippen MR) is 89.3 cm³/mol. The van der Waals surface area contributed by atoms with Gasteiger partial charge in [0.15, 0.2) is 9.84 Å². The lowest BCUT2D eigenvalue weighted by atomic mass is 9.89. The second-order valence-corrected chi connectivity index (χ2v) is 8.89. The van der Waals surface area contributed by atoms with Crippen LogP contribution >= 0.6 is 0 Å². The van der Waals surface area contributed by atoms with Gasteiger partial charge in [-0.1, -0.05) is 6.07 Å². The van der Waals surface area contributed by atoms with Gasteiger partial charge in [-0.05, 0) is 42.9 Å². The molecule has 130 valence electrons. The molecule has 3 rings (SSSR count). The third-order valence-electron chi connectivity index (χ3n) is 5.20. The Labute approximate surface area is 142 Å². The van der Waals surface area contributed by atoms with Crippen molar-refractivity contribution in [2.24, 2.45) is 11.8 Å². The number of carbonyl (C=O) groups excluding carboxylic acids is 2. The summed E-state index contributed by atoms with van der Waals surface area (Å²) in [7, 11) is -1.59. The molecule has 1 saturated heterocycles. The monoisotopic (exact) mass is 350 g/mol. The lowest BCUT2D eigenvalue weighted by Crippen LogP contribution is -2.38. The lowest BCUT2D eigenvalue weighted by Gasteiger charge is -2.25. The number of hydrogen-bond acceptors (Lipinski definition) is 4. The Hall–Kier alpha value is -1.89. The van der Waals surface area contributed by atoms with E-state index in [2.05, 4.69) is 5.32 Å². The number of sulfone groups is 1. The maximum Gasteiger partial charge on any atom is 0.253 e. The SMILES string of the molecule is CN(C(=O)c1cccc(S(C)(=O)=O)c1)[C@H]1C[C@H]2CNC(=O)C[C@H]2C1. The molecule has 1 aromatic carbocycles. The fourth-order valence-electron chi connectivity index (χ4n) is 3.78. The molecule has 1 N–H and O–H groups in total. The number of hydrogen-bond donors (Lipinski definition) is 1. The highest BCUT2D eigenvalue weighted by Crippen LogP contribution is 2.38. The highest BCUT2D eigenvalue weighted by atomic mass is 32.2. The third kappa shape index (κ3) is 3.31. The largest absolute Gasteiger partial charge is 0.356 e. The fraction of sp³-hybridized carbons (Fsp3) is 0.529. The first kappa shape index (κ1) is 17.0. The Morgan fingerprint density at radius 3 is 2.67 bits per heavy atom. The summed E-state index contributed by atoms with van der Waals surface area (Å²) < 4.78 is 23.3. The normalized spacial score (nSPS) is 26.6. The van der Waals surface area contributed by atoms with E-state index in [0.29, 0.717) is 30.4 Å². The first-order valence-corrected chi connectivity index (χ1v) is 9.99. The first-order chi connectivity index (χ1) is 11.3. The second kappa shape index (κ2) is 6.20. The first-order valence-electron chi connectivity index (χ1n) is 8.09. The number of nitrogens with zero attached hydrogens (tertiary/aromatic N) is 1. The van der Waals surface area contributed by atoms with E-state index in [4.69, 9.17) is 0 Å². The highest BCUT2D eigenvalue weighted by Gasteiger charge is 2.40. The standard InChI is InChI=1S/C17H22N2O4S/c1-19(14-6-12-9-16(20)18-10-13(12)7-14)17(21)11-4-3-5-15(8-11)24(2,22)23/h3-5,8,12-14H,6-7,9-10H2,1-2H3,(H,18,20)/t12-,13+,14-/m1/s1. The van der Waals surface area contributed by atoms with Crippen molar-refractivity contribution in [1.29, 1.82) is 0 Å². The zero-order chi connectivity index (χ0) is 17.5. The van der Waals surface area contributed by atoms with Gasteiger partial charge in [-0.2, -0.15) is 0 Å². The van der Waals surface area contributed by atoms with Crippen LogP contribution in [0.3, 0.4) is 0 Å². The number of piperidine rings is 1. The molecular formula is C17H22N2O4S. The average Bonchev–Trinajstić information content (AvgIpc) is 2.95. The summed E-state index contributed by atoms with van der Waals surface area (Å²) in [6, 6.07) is 6.24. The van der Waals surface area contributed by atoms with Crippen molar-refractivity contribution in [3.05, 3.63) is 29.8 Å². The molecule has 24 heavy (non-hydrogen) atoms. The van der Waals surface area contributed by atoms with Gasteiger partial charge in [0.25, 0.3) is 5.91 Å². The minimum atomic E-state index is -3.34. The van der Waals surface area contributed by atoms with Crippen molar-refractivity contribution in [1.82, 2.24) is 10.2 Å². The summed E-state index contributed by atoms with van der Waals surface area (Å²) in [6.45, 7) is 0.686. The molecule has 3 atom stereocenters. The van der Waals surface area contributed by atoms with Crippen molar-refractivity contribution < 1.29 is 18.0 Å². The molecule has 7 heteroatoms. The van der Waals surface area contributed by atoms with Crippen LogP contribution in [-0.2, 0) is 14.6 Å². The summed E-state index contributed by atoms with van der Waals surface area (Å²) in [4.78, 5) is 26.1. The highest BCUT2D eigenvalue weighted by molar-refractivity contribution is 7.90. The molecule has 0 aromatic heterocycles. The van der Waals surface area contributed by atoms with Gasteiger partial charge in [0.05, 0.1) is 4.90 Å². The van der Waals surface area contributed by atoms with E-state index >= 15 is 0 Å². The molecule has 2 fully saturated rings. The fourth-order valence-corrected chi connectivity index (χ4v) is 4.45. The Morgan fingerprint density at radius 1 is 1.25 bits per heavy atom. The van der Waals surface area contributed by atoms with E-state index in [9.17, 15) is 18.0 Å². The van der Waals surface area contributed by atoms with Crippen LogP contribution in [0.2, 0.25) is 0 Å². The Bertz CT molecular complexity index is 775. The van der Waals surface area contributed by atoms with Crippen molar-refractivity contribution in [3.63, 3.8) is 0 Å². The number of carbonyl (C=O) groups is 2. The van der Waals surface area contributed by atoms with E-state index in [-0.39, 0.29) is 22.8 Å². The molecule has 2 amide bonds. The van der Waals surface area contributed by atoms with Crippen LogP contribution < -0.4 is 5.32 Å². The molecule has 1 aliphatic carbocycles. The summed E-state index contributed by atoms with van der Waals surface area (Å²) >= 11 is 0. The number of fused-ring (bicyclic) bond motifs is 1. The van der Waals surface area contributed by atoms with Crippen LogP contribution in [-0.4, -0.2) is 51.0 Å². The van der Waals surface area contributed by atoms with Crippen LogP contribution in [0.25, 0.3) is 0 Å². The molecule has 1 aliphatic heterocycles. The van der Waals surface area contributed by atoms with Gasteiger partial charge < -0.3 is 10.2 Å². The number of rotatable bonds is 3. The molecule has 2 aliphatic rings. The topological polar surface area (TPSA) is 83.6 Å². The molecule has 1 aromatic rings. The minimum absolute atomic E-state index is 0.0853. The van der Waals surface area contributed by atoms with Crippen LogP contribution in [0.4, 0.5) is 0 Å². The smallest absolute Gasteiger partial charge is 0.253 e. The molecule has 6 nitrogen and oxygen atoms in total. The van der Waals surface area contributed by atoms with Crippen LogP contribution in [0.5, 0.6) is 0 Å². The Balaban J connectivity index is 1.75. The molecule has 0 bridgehead atoms. The van der Waals surface area contributed by atoms with Crippen molar-refractivity contribution in [2.45, 2.75) is 30.2 Å². The van der Waals surface area contributed by atoms with Crippen molar-refractivity contribution >= 4 is 21.7 Å². The van der Waals surface area contributed by atoms with Crippen molar-refractivity contribution in [3.8, 4) is 0 Å². The average molecular weight is 350 g/mol. The zero-order valence-corrected chi connectivity index (χ0v) is 14.7. The van der Waals surface area contributed by atoms with Gasteiger partial charge in [-0.3, -0.25) is 9.59 Å². The number of amides is 2. The molecule has 0 radical (unpaired) electrons. The summed E-state index contributed by atoms with van der Waals surface area (Å²) in [5, 5.41) is 2.89. The van der Waals surface area contributed by atoms with Gasteiger partial charge in [0, 0.05) is 37.9 Å². The van der Waals surface area contributed by atoms with Crippen LogP contribution in [0.1, 0.15) is 29.6 Å². The second-order valence-electron chi connectivity index (χ2n) is 6.87. The van der Waals surface area contributed by atoms with Crippen LogP contribution in [0.15, 0.2) is 29.2 Å². The zero-order valence-electron chi connectivity index (χ0n) is 13.9. The quantitative estimate of drug-likeness (QED) is 0.884. The molecule has 1 heterocycles. The van der Waals surface area contributed by atoms with Gasteiger partial charge in [-0.25, -0.2) is 8.42 Å². The Morgan fingerprint density at radius 2 is 1.96 bits per heavy atom. The predicted octanol–water partition coefficient (Wildman–Crippen LogP) is 1.08. The molecule has 0 unspecified atom stereocenters. The van der Waals surface area contributed by atoms with Gasteiger partial charge in [0.1, 0.15) is 0 Å². The summed E-state index contributed by atoms with van der Waals surface area (Å²) in [5.74, 6) is 0.668. The lowest BCUT2D eigenvalue weighted by molar-refractivity contribution is -0.124. The number of benzene rings is 1. The van der Waals surface area contributed by atoms with E-state index in [0.717, 1.165) is 19.1 Å². The molecule has 0 spiro atoms. The molecular weight excluding hydrogens is 328 g/mol. The van der Waals surface area contributed by atoms with Crippen LogP contribution in [0, 0.1) is 11.8 Å². The van der Waals surface area contributed by atoms with E-state index in [1.807, 2.05) is 0 Å². The van der Waals surface area contributed by atoms with Gasteiger partial charge >= 0.3 is 0 Å². The van der Waals surface area contributed by atoms with Gasteiger partial charge in [-0.15, -0.1) is 0 Å². The van der Waals surface area contributed by atoms with E-state index in [1.54, 1.807) is 24.1 Å². The summed E-state index contributed by atoms with van der Waals surface area (Å²) in [5.41, 5.74) is 0.379. The van der Waals surface area contributed by atoms with E-state index in [1.165, 1.54) is 12.1 Å². The minimum Gasteiger partial charge on any atom is -0.356 e. The van der Waals surface area contributed by atoms with Gasteiger partial charge in [0.2, 0.25) is 5.91 Å². The maximum atomic E-state index is 12.7. The summed E-state index contributed by atoms with van der Waals surface area (Å²) in [6.07, 6.45) is 3.36. The maximum absolute atomic E-state index is 12.7. The third-order valence-corrected chi connectivity index (χ3v) is 6.31. The van der Waals surface area contributed by atoms with Crippen molar-refractivity contribution in [2.75, 3.05) is 19.8 Å². The van der Waals surface area contributed by atoms with E-state index < -0.39 is 9.84 Å².